The summed E-state index contributed by atoms with van der Waals surface area (Å²) in [7, 11) is 0. The fourth-order valence-corrected chi connectivity index (χ4v) is 2.26. The van der Waals surface area contributed by atoms with Gasteiger partial charge in [-0.2, -0.15) is 0 Å². The summed E-state index contributed by atoms with van der Waals surface area (Å²) in [4.78, 5) is 10.9. The van der Waals surface area contributed by atoms with Gasteiger partial charge < -0.3 is 9.84 Å². The Labute approximate surface area is 116 Å². The van der Waals surface area contributed by atoms with E-state index in [0.717, 1.165) is 12.8 Å². The number of carbonyl (C=O) groups is 1. The lowest BCUT2D eigenvalue weighted by Crippen LogP contribution is -2.23. The topological polar surface area (TPSA) is 46.5 Å². The highest BCUT2D eigenvalue weighted by atomic mass is 35.5. The minimum atomic E-state index is -0.942. The number of aliphatic carboxylic acids is 1. The van der Waals surface area contributed by atoms with Crippen LogP contribution in [-0.4, -0.2) is 17.2 Å². The first-order valence-corrected chi connectivity index (χ1v) is 6.55. The SMILES string of the molecule is CC(C)(CC(=O)O)c1cc(F)cc(Cl)c1OC1CC1. The second kappa shape index (κ2) is 5.00. The van der Waals surface area contributed by atoms with Crippen LogP contribution in [0.3, 0.4) is 0 Å². The minimum absolute atomic E-state index is 0.113. The van der Waals surface area contributed by atoms with Gasteiger partial charge in [0.05, 0.1) is 17.5 Å². The van der Waals surface area contributed by atoms with Gasteiger partial charge in [0.2, 0.25) is 0 Å². The van der Waals surface area contributed by atoms with E-state index in [0.29, 0.717) is 11.3 Å². The van der Waals surface area contributed by atoms with Crippen LogP contribution in [0.25, 0.3) is 0 Å². The summed E-state index contributed by atoms with van der Waals surface area (Å²) >= 11 is 6.04. The number of halogens is 2. The van der Waals surface area contributed by atoms with Crippen LogP contribution in [0, 0.1) is 5.82 Å². The molecule has 1 N–H and O–H groups in total. The van der Waals surface area contributed by atoms with E-state index in [1.807, 2.05) is 0 Å². The molecule has 0 aromatic heterocycles. The van der Waals surface area contributed by atoms with Crippen LogP contribution >= 0.6 is 11.6 Å². The van der Waals surface area contributed by atoms with Crippen molar-refractivity contribution in [3.8, 4) is 5.75 Å². The normalized spacial score (nSPS) is 15.4. The molecule has 0 bridgehead atoms. The first-order chi connectivity index (χ1) is 8.79. The van der Waals surface area contributed by atoms with E-state index >= 15 is 0 Å². The number of carboxylic acids is 1. The number of hydrogen-bond donors (Lipinski definition) is 1. The van der Waals surface area contributed by atoms with Gasteiger partial charge in [-0.15, -0.1) is 0 Å². The van der Waals surface area contributed by atoms with E-state index in [1.165, 1.54) is 12.1 Å². The summed E-state index contributed by atoms with van der Waals surface area (Å²) in [6.45, 7) is 3.48. The van der Waals surface area contributed by atoms with E-state index in [9.17, 15) is 9.18 Å². The van der Waals surface area contributed by atoms with Crippen molar-refractivity contribution in [1.29, 1.82) is 0 Å². The van der Waals surface area contributed by atoms with E-state index in [-0.39, 0.29) is 17.5 Å². The van der Waals surface area contributed by atoms with Crippen molar-refractivity contribution in [2.24, 2.45) is 0 Å². The average Bonchev–Trinajstić information content (AvgIpc) is 3.03. The van der Waals surface area contributed by atoms with Crippen LogP contribution < -0.4 is 4.74 Å². The second-order valence-corrected chi connectivity index (χ2v) is 5.94. The zero-order valence-corrected chi connectivity index (χ0v) is 11.6. The van der Waals surface area contributed by atoms with Crippen LogP contribution in [0.1, 0.15) is 38.7 Å². The first-order valence-electron chi connectivity index (χ1n) is 6.17. The standard InChI is InChI=1S/C14H16ClFO3/c1-14(2,7-12(17)18)10-5-8(16)6-11(15)13(10)19-9-3-4-9/h5-6,9H,3-4,7H2,1-2H3,(H,17,18). The maximum Gasteiger partial charge on any atom is 0.304 e. The molecule has 0 radical (unpaired) electrons. The van der Waals surface area contributed by atoms with Crippen LogP contribution in [0.15, 0.2) is 12.1 Å². The quantitative estimate of drug-likeness (QED) is 0.896. The molecule has 0 saturated heterocycles. The van der Waals surface area contributed by atoms with Gasteiger partial charge in [-0.05, 0) is 25.0 Å². The molecule has 2 rings (SSSR count). The number of carboxylic acid groups (broad SMARTS) is 1. The Hall–Kier alpha value is -1.29. The summed E-state index contributed by atoms with van der Waals surface area (Å²) in [6.07, 6.45) is 1.90. The smallest absolute Gasteiger partial charge is 0.304 e. The molecule has 0 atom stereocenters. The summed E-state index contributed by atoms with van der Waals surface area (Å²) in [6, 6.07) is 2.51. The highest BCUT2D eigenvalue weighted by molar-refractivity contribution is 6.32. The fraction of sp³-hybridized carbons (Fsp3) is 0.500. The third-order valence-corrected chi connectivity index (χ3v) is 3.42. The number of hydrogen-bond acceptors (Lipinski definition) is 2. The lowest BCUT2D eigenvalue weighted by atomic mass is 9.81. The molecular formula is C14H16ClFO3. The van der Waals surface area contributed by atoms with Gasteiger partial charge in [-0.3, -0.25) is 4.79 Å². The van der Waals surface area contributed by atoms with Crippen LogP contribution in [0.2, 0.25) is 5.02 Å². The molecule has 5 heteroatoms. The Bertz CT molecular complexity index is 510. The molecule has 1 fully saturated rings. The number of benzene rings is 1. The highest BCUT2D eigenvalue weighted by Gasteiger charge is 2.32. The van der Waals surface area contributed by atoms with Crippen LogP contribution in [-0.2, 0) is 10.2 Å². The molecule has 104 valence electrons. The van der Waals surface area contributed by atoms with Crippen molar-refractivity contribution in [2.45, 2.75) is 44.6 Å². The summed E-state index contributed by atoms with van der Waals surface area (Å²) in [5.41, 5.74) is -0.242. The van der Waals surface area contributed by atoms with E-state index in [4.69, 9.17) is 21.4 Å². The molecule has 0 spiro atoms. The van der Waals surface area contributed by atoms with Gasteiger partial charge in [-0.25, -0.2) is 4.39 Å². The zero-order valence-electron chi connectivity index (χ0n) is 10.9. The van der Waals surface area contributed by atoms with Gasteiger partial charge in [0.25, 0.3) is 0 Å². The number of ether oxygens (including phenoxy) is 1. The van der Waals surface area contributed by atoms with Gasteiger partial charge in [-0.1, -0.05) is 25.4 Å². The van der Waals surface area contributed by atoms with Crippen LogP contribution in [0.5, 0.6) is 5.75 Å². The molecule has 0 aliphatic heterocycles. The van der Waals surface area contributed by atoms with Crippen molar-refractivity contribution < 1.29 is 19.0 Å². The predicted molar refractivity (Wildman–Crippen MR) is 70.3 cm³/mol. The third-order valence-electron chi connectivity index (χ3n) is 3.14. The predicted octanol–water partition coefficient (Wildman–Crippen LogP) is 3.77. The largest absolute Gasteiger partial charge is 0.489 e. The lowest BCUT2D eigenvalue weighted by Gasteiger charge is -2.26. The van der Waals surface area contributed by atoms with Gasteiger partial charge in [0, 0.05) is 11.0 Å². The maximum atomic E-state index is 13.5. The Morgan fingerprint density at radius 3 is 2.68 bits per heavy atom. The van der Waals surface area contributed by atoms with Crippen LogP contribution in [0.4, 0.5) is 4.39 Å². The Morgan fingerprint density at radius 1 is 1.53 bits per heavy atom. The zero-order chi connectivity index (χ0) is 14.2. The van der Waals surface area contributed by atoms with E-state index < -0.39 is 17.2 Å². The third kappa shape index (κ3) is 3.38. The molecule has 19 heavy (non-hydrogen) atoms. The molecule has 3 nitrogen and oxygen atoms in total. The molecule has 1 aromatic rings. The minimum Gasteiger partial charge on any atom is -0.489 e. The van der Waals surface area contributed by atoms with Crippen molar-refractivity contribution in [1.82, 2.24) is 0 Å². The van der Waals surface area contributed by atoms with E-state index in [2.05, 4.69) is 0 Å². The molecular weight excluding hydrogens is 271 g/mol. The molecule has 1 saturated carbocycles. The van der Waals surface area contributed by atoms with Crippen molar-refractivity contribution >= 4 is 17.6 Å². The maximum absolute atomic E-state index is 13.5. The van der Waals surface area contributed by atoms with Crippen molar-refractivity contribution in [2.75, 3.05) is 0 Å². The summed E-state index contributed by atoms with van der Waals surface area (Å²) in [5, 5.41) is 9.16. The molecule has 0 unspecified atom stereocenters. The molecule has 0 amide bonds. The van der Waals surface area contributed by atoms with Gasteiger partial charge >= 0.3 is 5.97 Å². The Kier molecular flexibility index (Phi) is 3.72. The Morgan fingerprint density at radius 2 is 2.16 bits per heavy atom. The molecule has 0 heterocycles. The summed E-state index contributed by atoms with van der Waals surface area (Å²) in [5.74, 6) is -1.01. The van der Waals surface area contributed by atoms with Gasteiger partial charge in [0.1, 0.15) is 11.6 Å². The van der Waals surface area contributed by atoms with Gasteiger partial charge in [0.15, 0.2) is 0 Å². The lowest BCUT2D eigenvalue weighted by molar-refractivity contribution is -0.138. The second-order valence-electron chi connectivity index (χ2n) is 5.54. The summed E-state index contributed by atoms with van der Waals surface area (Å²) < 4.78 is 19.3. The average molecular weight is 287 g/mol. The van der Waals surface area contributed by atoms with Crippen molar-refractivity contribution in [3.05, 3.63) is 28.5 Å². The molecule has 1 aliphatic rings. The Balaban J connectivity index is 2.43. The first kappa shape index (κ1) is 14.1. The fourth-order valence-electron chi connectivity index (χ4n) is 2.01. The molecule has 1 aliphatic carbocycles. The van der Waals surface area contributed by atoms with E-state index in [1.54, 1.807) is 13.8 Å². The monoisotopic (exact) mass is 286 g/mol. The van der Waals surface area contributed by atoms with Crippen molar-refractivity contribution in [3.63, 3.8) is 0 Å². The molecule has 1 aromatic carbocycles. The number of rotatable bonds is 5. The highest BCUT2D eigenvalue weighted by Crippen LogP contribution is 2.42.